The number of rotatable bonds is 7. The number of nitrogens with zero attached hydrogens (tertiary/aromatic N) is 3. The van der Waals surface area contributed by atoms with E-state index in [0.717, 1.165) is 29.2 Å². The van der Waals surface area contributed by atoms with Crippen molar-refractivity contribution in [2.75, 3.05) is 16.4 Å². The Kier molecular flexibility index (Phi) is 6.92. The summed E-state index contributed by atoms with van der Waals surface area (Å²) in [5.74, 6) is -1.48. The third-order valence-electron chi connectivity index (χ3n) is 3.48. The predicted molar refractivity (Wildman–Crippen MR) is 112 cm³/mol. The Hall–Kier alpha value is -3.09. The maximum atomic E-state index is 12.9. The van der Waals surface area contributed by atoms with Gasteiger partial charge in [-0.3, -0.25) is 25.0 Å². The van der Waals surface area contributed by atoms with Gasteiger partial charge in [-0.1, -0.05) is 34.7 Å². The number of thioether (sulfide) groups is 1. The summed E-state index contributed by atoms with van der Waals surface area (Å²) in [6.07, 6.45) is 0. The van der Waals surface area contributed by atoms with E-state index in [-0.39, 0.29) is 27.4 Å². The maximum Gasteiger partial charge on any atom is 0.282 e. The Bertz CT molecular complexity index is 1110. The van der Waals surface area contributed by atoms with Crippen molar-refractivity contribution in [3.05, 3.63) is 69.0 Å². The molecular formula is C17H11ClFN5O4S2. The lowest BCUT2D eigenvalue weighted by Crippen LogP contribution is -2.13. The molecule has 154 valence electrons. The summed E-state index contributed by atoms with van der Waals surface area (Å²) in [6, 6.07) is 8.97. The summed E-state index contributed by atoms with van der Waals surface area (Å²) < 4.78 is 13.3. The van der Waals surface area contributed by atoms with Crippen molar-refractivity contribution < 1.29 is 18.9 Å². The second-order valence-electron chi connectivity index (χ2n) is 5.59. The van der Waals surface area contributed by atoms with Crippen LogP contribution in [0.2, 0.25) is 5.02 Å². The van der Waals surface area contributed by atoms with Crippen molar-refractivity contribution in [3.63, 3.8) is 0 Å². The molecule has 2 amide bonds. The van der Waals surface area contributed by atoms with Crippen LogP contribution >= 0.6 is 34.7 Å². The first-order valence-corrected chi connectivity index (χ1v) is 10.3. The fraction of sp³-hybridized carbons (Fsp3) is 0.0588. The minimum absolute atomic E-state index is 0.0136. The number of amides is 2. The van der Waals surface area contributed by atoms with E-state index >= 15 is 0 Å². The molecule has 0 atom stereocenters. The van der Waals surface area contributed by atoms with E-state index < -0.39 is 22.3 Å². The van der Waals surface area contributed by atoms with Gasteiger partial charge in [-0.2, -0.15) is 0 Å². The molecule has 13 heteroatoms. The Labute approximate surface area is 181 Å². The zero-order valence-electron chi connectivity index (χ0n) is 14.8. The van der Waals surface area contributed by atoms with Crippen molar-refractivity contribution in [2.24, 2.45) is 0 Å². The molecular weight excluding hydrogens is 457 g/mol. The number of hydrogen-bond acceptors (Lipinski definition) is 8. The molecule has 0 aliphatic heterocycles. The van der Waals surface area contributed by atoms with Gasteiger partial charge in [0.15, 0.2) is 4.34 Å². The highest BCUT2D eigenvalue weighted by Gasteiger charge is 2.22. The van der Waals surface area contributed by atoms with E-state index in [1.165, 1.54) is 36.4 Å². The number of carbonyl (C=O) groups excluding carboxylic acids is 2. The monoisotopic (exact) mass is 467 g/mol. The number of nitro groups is 1. The summed E-state index contributed by atoms with van der Waals surface area (Å²) in [5.41, 5.74) is -0.153. The quantitative estimate of drug-likeness (QED) is 0.230. The van der Waals surface area contributed by atoms with Gasteiger partial charge in [-0.05, 0) is 36.4 Å². The third kappa shape index (κ3) is 5.72. The SMILES string of the molecule is O=C(CSc1nnc(NC(=O)c2cc(Cl)ccc2[N+](=O)[O-])s1)Nc1ccc(F)cc1. The van der Waals surface area contributed by atoms with Gasteiger partial charge in [0.2, 0.25) is 11.0 Å². The van der Waals surface area contributed by atoms with Crippen LogP contribution in [0, 0.1) is 15.9 Å². The van der Waals surface area contributed by atoms with Gasteiger partial charge in [0.25, 0.3) is 11.6 Å². The third-order valence-corrected chi connectivity index (χ3v) is 5.69. The lowest BCUT2D eigenvalue weighted by Gasteiger charge is -2.03. The maximum absolute atomic E-state index is 12.9. The van der Waals surface area contributed by atoms with E-state index in [1.807, 2.05) is 0 Å². The van der Waals surface area contributed by atoms with Crippen molar-refractivity contribution in [3.8, 4) is 0 Å². The molecule has 0 radical (unpaired) electrons. The minimum atomic E-state index is -0.758. The normalized spacial score (nSPS) is 10.5. The molecule has 9 nitrogen and oxygen atoms in total. The number of nitrogens with one attached hydrogen (secondary N) is 2. The zero-order chi connectivity index (χ0) is 21.7. The molecule has 30 heavy (non-hydrogen) atoms. The van der Waals surface area contributed by atoms with E-state index in [4.69, 9.17) is 11.6 Å². The smallest absolute Gasteiger partial charge is 0.282 e. The molecule has 0 fully saturated rings. The topological polar surface area (TPSA) is 127 Å². The number of aromatic nitrogens is 2. The molecule has 0 saturated heterocycles. The molecule has 1 heterocycles. The van der Waals surface area contributed by atoms with Crippen molar-refractivity contribution >= 4 is 63.0 Å². The van der Waals surface area contributed by atoms with Crippen LogP contribution in [0.25, 0.3) is 0 Å². The number of carbonyl (C=O) groups is 2. The molecule has 0 aliphatic carbocycles. The van der Waals surface area contributed by atoms with Crippen LogP contribution in [0.3, 0.4) is 0 Å². The number of anilines is 2. The second-order valence-corrected chi connectivity index (χ2v) is 8.23. The van der Waals surface area contributed by atoms with E-state index in [2.05, 4.69) is 20.8 Å². The summed E-state index contributed by atoms with van der Waals surface area (Å²) in [7, 11) is 0. The van der Waals surface area contributed by atoms with Gasteiger partial charge < -0.3 is 5.32 Å². The van der Waals surface area contributed by atoms with Crippen LogP contribution in [0.1, 0.15) is 10.4 Å². The van der Waals surface area contributed by atoms with Crippen LogP contribution in [0.4, 0.5) is 20.9 Å². The standard InChI is InChI=1S/C17H11ClFN5O4S2/c18-9-1-6-13(24(27)28)12(7-9)15(26)21-16-22-23-17(30-16)29-8-14(25)20-11-4-2-10(19)3-5-11/h1-7H,8H2,(H,20,25)(H,21,22,26). The van der Waals surface area contributed by atoms with Gasteiger partial charge >= 0.3 is 0 Å². The molecule has 0 aliphatic rings. The van der Waals surface area contributed by atoms with Crippen LogP contribution in [0.15, 0.2) is 46.8 Å². The van der Waals surface area contributed by atoms with Crippen LogP contribution < -0.4 is 10.6 Å². The highest BCUT2D eigenvalue weighted by Crippen LogP contribution is 2.28. The number of hydrogen-bond donors (Lipinski definition) is 2. The molecule has 3 aromatic rings. The second kappa shape index (κ2) is 9.61. The Morgan fingerprint density at radius 3 is 2.60 bits per heavy atom. The first-order chi connectivity index (χ1) is 14.3. The van der Waals surface area contributed by atoms with Gasteiger partial charge in [0.1, 0.15) is 11.4 Å². The lowest BCUT2D eigenvalue weighted by atomic mass is 10.1. The number of nitro benzene ring substituents is 1. The average molecular weight is 468 g/mol. The van der Waals surface area contributed by atoms with Gasteiger partial charge in [-0.25, -0.2) is 4.39 Å². The molecule has 0 unspecified atom stereocenters. The summed E-state index contributed by atoms with van der Waals surface area (Å²) >= 11 is 7.91. The number of halogens is 2. The lowest BCUT2D eigenvalue weighted by molar-refractivity contribution is -0.385. The zero-order valence-corrected chi connectivity index (χ0v) is 17.2. The Morgan fingerprint density at radius 2 is 1.90 bits per heavy atom. The van der Waals surface area contributed by atoms with Crippen molar-refractivity contribution in [2.45, 2.75) is 4.34 Å². The Balaban J connectivity index is 1.58. The first kappa shape index (κ1) is 21.6. The van der Waals surface area contributed by atoms with Crippen LogP contribution in [0.5, 0.6) is 0 Å². The summed E-state index contributed by atoms with van der Waals surface area (Å²) in [6.45, 7) is 0. The molecule has 1 aromatic heterocycles. The molecule has 2 N–H and O–H groups in total. The van der Waals surface area contributed by atoms with Gasteiger partial charge in [0.05, 0.1) is 10.7 Å². The molecule has 0 saturated carbocycles. The highest BCUT2D eigenvalue weighted by molar-refractivity contribution is 8.01. The predicted octanol–water partition coefficient (Wildman–Crippen LogP) is 4.22. The minimum Gasteiger partial charge on any atom is -0.325 e. The van der Waals surface area contributed by atoms with E-state index in [1.54, 1.807) is 0 Å². The number of benzene rings is 2. The van der Waals surface area contributed by atoms with Gasteiger partial charge in [-0.15, -0.1) is 10.2 Å². The van der Waals surface area contributed by atoms with Crippen molar-refractivity contribution in [1.82, 2.24) is 10.2 Å². The van der Waals surface area contributed by atoms with Gasteiger partial charge in [0, 0.05) is 16.8 Å². The largest absolute Gasteiger partial charge is 0.325 e. The van der Waals surface area contributed by atoms with Crippen molar-refractivity contribution in [1.29, 1.82) is 0 Å². The van der Waals surface area contributed by atoms with Crippen LogP contribution in [-0.4, -0.2) is 32.7 Å². The first-order valence-electron chi connectivity index (χ1n) is 8.09. The molecule has 0 spiro atoms. The fourth-order valence-corrected chi connectivity index (χ4v) is 3.91. The Morgan fingerprint density at radius 1 is 1.17 bits per heavy atom. The summed E-state index contributed by atoms with van der Waals surface area (Å²) in [5, 5.41) is 24.0. The van der Waals surface area contributed by atoms with E-state index in [9.17, 15) is 24.1 Å². The highest BCUT2D eigenvalue weighted by atomic mass is 35.5. The van der Waals surface area contributed by atoms with E-state index in [0.29, 0.717) is 10.0 Å². The molecule has 2 aromatic carbocycles. The molecule has 3 rings (SSSR count). The summed E-state index contributed by atoms with van der Waals surface area (Å²) in [4.78, 5) is 34.7. The average Bonchev–Trinajstić information content (AvgIpc) is 3.15. The fourth-order valence-electron chi connectivity index (χ4n) is 2.19. The molecule has 0 bridgehead atoms. The van der Waals surface area contributed by atoms with Crippen LogP contribution in [-0.2, 0) is 4.79 Å².